The molecule has 0 radical (unpaired) electrons. The number of alkyl halides is 3. The van der Waals surface area contributed by atoms with E-state index in [0.717, 1.165) is 12.1 Å². The molecule has 1 atom stereocenters. The normalized spacial score (nSPS) is 13.6. The molecule has 0 bridgehead atoms. The maximum atomic E-state index is 12.8. The fourth-order valence-electron chi connectivity index (χ4n) is 1.71. The summed E-state index contributed by atoms with van der Waals surface area (Å²) < 4.78 is 38.4. The lowest BCUT2D eigenvalue weighted by Crippen LogP contribution is -2.34. The fourth-order valence-corrected chi connectivity index (χ4v) is 1.94. The molecular formula is C13H16ClF3N2O. The Morgan fingerprint density at radius 2 is 2.00 bits per heavy atom. The van der Waals surface area contributed by atoms with Crippen LogP contribution in [0.4, 0.5) is 13.2 Å². The highest BCUT2D eigenvalue weighted by molar-refractivity contribution is 6.31. The first-order valence-corrected chi connectivity index (χ1v) is 6.40. The summed E-state index contributed by atoms with van der Waals surface area (Å²) in [6.07, 6.45) is -4.57. The molecule has 3 nitrogen and oxygen atoms in total. The fraction of sp³-hybridized carbons (Fsp3) is 0.462. The molecule has 1 unspecified atom stereocenters. The highest BCUT2D eigenvalue weighted by Crippen LogP contribution is 2.36. The van der Waals surface area contributed by atoms with Crippen molar-refractivity contribution >= 4 is 17.5 Å². The SMILES string of the molecule is CC(C)NCC(C(N)=O)c1ccc(Cl)c(C(F)(F)F)c1. The van der Waals surface area contributed by atoms with Gasteiger partial charge in [-0.15, -0.1) is 0 Å². The quantitative estimate of drug-likeness (QED) is 0.878. The average molecular weight is 309 g/mol. The van der Waals surface area contributed by atoms with Crippen molar-refractivity contribution in [2.45, 2.75) is 32.0 Å². The average Bonchev–Trinajstić information content (AvgIpc) is 2.28. The topological polar surface area (TPSA) is 55.1 Å². The first-order chi connectivity index (χ1) is 9.12. The van der Waals surface area contributed by atoms with Crippen molar-refractivity contribution in [2.75, 3.05) is 6.54 Å². The van der Waals surface area contributed by atoms with Crippen LogP contribution in [0.1, 0.15) is 30.9 Å². The Balaban J connectivity index is 3.12. The van der Waals surface area contributed by atoms with Gasteiger partial charge in [-0.2, -0.15) is 13.2 Å². The number of hydrogen-bond donors (Lipinski definition) is 2. The number of nitrogens with one attached hydrogen (secondary N) is 1. The number of amides is 1. The maximum absolute atomic E-state index is 12.8. The van der Waals surface area contributed by atoms with Crippen molar-refractivity contribution in [2.24, 2.45) is 5.73 Å². The smallest absolute Gasteiger partial charge is 0.369 e. The Morgan fingerprint density at radius 3 is 2.45 bits per heavy atom. The van der Waals surface area contributed by atoms with Crippen LogP contribution in [-0.2, 0) is 11.0 Å². The van der Waals surface area contributed by atoms with Crippen LogP contribution >= 0.6 is 11.6 Å². The second kappa shape index (κ2) is 6.45. The van der Waals surface area contributed by atoms with E-state index in [0.29, 0.717) is 0 Å². The Hall–Kier alpha value is -1.27. The van der Waals surface area contributed by atoms with Gasteiger partial charge in [0.05, 0.1) is 16.5 Å². The summed E-state index contributed by atoms with van der Waals surface area (Å²) in [4.78, 5) is 11.4. The van der Waals surface area contributed by atoms with E-state index in [9.17, 15) is 18.0 Å². The van der Waals surface area contributed by atoms with E-state index in [1.165, 1.54) is 6.07 Å². The van der Waals surface area contributed by atoms with Gasteiger partial charge < -0.3 is 11.1 Å². The molecule has 0 saturated carbocycles. The second-order valence-corrected chi connectivity index (χ2v) is 5.16. The van der Waals surface area contributed by atoms with Crippen molar-refractivity contribution in [1.29, 1.82) is 0 Å². The van der Waals surface area contributed by atoms with Gasteiger partial charge in [-0.25, -0.2) is 0 Å². The van der Waals surface area contributed by atoms with E-state index in [2.05, 4.69) is 5.32 Å². The molecule has 0 aliphatic carbocycles. The summed E-state index contributed by atoms with van der Waals surface area (Å²) in [6, 6.07) is 3.48. The molecule has 112 valence electrons. The Bertz CT molecular complexity index is 489. The van der Waals surface area contributed by atoms with Gasteiger partial charge in [-0.05, 0) is 17.7 Å². The lowest BCUT2D eigenvalue weighted by Gasteiger charge is -2.18. The minimum absolute atomic E-state index is 0.0891. The number of nitrogens with two attached hydrogens (primary N) is 1. The summed E-state index contributed by atoms with van der Waals surface area (Å²) in [5.41, 5.74) is 4.49. The van der Waals surface area contributed by atoms with Crippen LogP contribution in [0.2, 0.25) is 5.02 Å². The van der Waals surface area contributed by atoms with Gasteiger partial charge in [0.15, 0.2) is 0 Å². The number of hydrogen-bond acceptors (Lipinski definition) is 2. The third-order valence-corrected chi connectivity index (χ3v) is 3.10. The first kappa shape index (κ1) is 16.8. The molecule has 1 aromatic rings. The van der Waals surface area contributed by atoms with Gasteiger partial charge in [-0.3, -0.25) is 4.79 Å². The Morgan fingerprint density at radius 1 is 1.40 bits per heavy atom. The Kier molecular flexibility index (Phi) is 5.42. The summed E-state index contributed by atoms with van der Waals surface area (Å²) in [6.45, 7) is 3.90. The molecular weight excluding hydrogens is 293 g/mol. The predicted octanol–water partition coefficient (Wildman–Crippen LogP) is 2.93. The number of halogens is 4. The van der Waals surface area contributed by atoms with Crippen LogP contribution in [0.3, 0.4) is 0 Å². The second-order valence-electron chi connectivity index (χ2n) is 4.75. The number of carbonyl (C=O) groups excluding carboxylic acids is 1. The molecule has 0 saturated heterocycles. The summed E-state index contributed by atoms with van der Waals surface area (Å²) >= 11 is 5.54. The van der Waals surface area contributed by atoms with Crippen LogP contribution in [0, 0.1) is 0 Å². The van der Waals surface area contributed by atoms with E-state index >= 15 is 0 Å². The van der Waals surface area contributed by atoms with Crippen LogP contribution in [0.15, 0.2) is 18.2 Å². The molecule has 7 heteroatoms. The first-order valence-electron chi connectivity index (χ1n) is 6.02. The van der Waals surface area contributed by atoms with E-state index in [1.807, 2.05) is 13.8 Å². The Labute approximate surface area is 120 Å². The molecule has 0 spiro atoms. The summed E-state index contributed by atoms with van der Waals surface area (Å²) in [5, 5.41) is 2.58. The minimum Gasteiger partial charge on any atom is -0.369 e. The van der Waals surface area contributed by atoms with Crippen LogP contribution in [0.25, 0.3) is 0 Å². The predicted molar refractivity (Wildman–Crippen MR) is 71.5 cm³/mol. The molecule has 1 rings (SSSR count). The molecule has 3 N–H and O–H groups in total. The molecule has 0 aromatic heterocycles. The van der Waals surface area contributed by atoms with Crippen molar-refractivity contribution in [3.05, 3.63) is 34.3 Å². The molecule has 0 aliphatic rings. The van der Waals surface area contributed by atoms with Gasteiger partial charge in [0.2, 0.25) is 5.91 Å². The zero-order chi connectivity index (χ0) is 15.5. The van der Waals surface area contributed by atoms with Crippen LogP contribution < -0.4 is 11.1 Å². The van der Waals surface area contributed by atoms with Gasteiger partial charge in [0.25, 0.3) is 0 Å². The van der Waals surface area contributed by atoms with Crippen LogP contribution in [-0.4, -0.2) is 18.5 Å². The van der Waals surface area contributed by atoms with Crippen molar-refractivity contribution < 1.29 is 18.0 Å². The maximum Gasteiger partial charge on any atom is 0.417 e. The molecule has 20 heavy (non-hydrogen) atoms. The molecule has 0 fully saturated rings. The van der Waals surface area contributed by atoms with Crippen molar-refractivity contribution in [3.8, 4) is 0 Å². The highest BCUT2D eigenvalue weighted by Gasteiger charge is 2.34. The van der Waals surface area contributed by atoms with Crippen molar-refractivity contribution in [3.63, 3.8) is 0 Å². The summed E-state index contributed by atoms with van der Waals surface area (Å²) in [5.74, 6) is -1.52. The third-order valence-electron chi connectivity index (χ3n) is 2.77. The van der Waals surface area contributed by atoms with Gasteiger partial charge in [-0.1, -0.05) is 31.5 Å². The van der Waals surface area contributed by atoms with E-state index in [1.54, 1.807) is 0 Å². The van der Waals surface area contributed by atoms with Gasteiger partial charge in [0.1, 0.15) is 0 Å². The lowest BCUT2D eigenvalue weighted by molar-refractivity contribution is -0.137. The van der Waals surface area contributed by atoms with Crippen molar-refractivity contribution in [1.82, 2.24) is 5.32 Å². The molecule has 0 aliphatic heterocycles. The third kappa shape index (κ3) is 4.38. The summed E-state index contributed by atoms with van der Waals surface area (Å²) in [7, 11) is 0. The number of benzene rings is 1. The molecule has 1 amide bonds. The molecule has 0 heterocycles. The lowest BCUT2D eigenvalue weighted by atomic mass is 9.96. The number of rotatable bonds is 5. The monoisotopic (exact) mass is 308 g/mol. The highest BCUT2D eigenvalue weighted by atomic mass is 35.5. The minimum atomic E-state index is -4.57. The molecule has 1 aromatic carbocycles. The number of primary amides is 1. The van der Waals surface area contributed by atoms with E-state index in [4.69, 9.17) is 17.3 Å². The van der Waals surface area contributed by atoms with E-state index in [-0.39, 0.29) is 18.2 Å². The van der Waals surface area contributed by atoms with Gasteiger partial charge >= 0.3 is 6.18 Å². The zero-order valence-electron chi connectivity index (χ0n) is 11.1. The number of carbonyl (C=O) groups is 1. The van der Waals surface area contributed by atoms with Gasteiger partial charge in [0, 0.05) is 12.6 Å². The van der Waals surface area contributed by atoms with Crippen LogP contribution in [0.5, 0.6) is 0 Å². The standard InChI is InChI=1S/C13H16ClF3N2O/c1-7(2)19-6-9(12(18)20)8-3-4-11(14)10(5-8)13(15,16)17/h3-5,7,9,19H,6H2,1-2H3,(H2,18,20). The largest absolute Gasteiger partial charge is 0.417 e. The zero-order valence-corrected chi connectivity index (χ0v) is 11.8. The van der Waals surface area contributed by atoms with E-state index < -0.39 is 28.6 Å².